The molecule has 0 radical (unpaired) electrons. The van der Waals surface area contributed by atoms with E-state index in [1.165, 1.54) is 24.3 Å². The Morgan fingerprint density at radius 2 is 1.83 bits per heavy atom. The van der Waals surface area contributed by atoms with Crippen molar-refractivity contribution in [2.24, 2.45) is 0 Å². The fraction of sp³-hybridized carbons (Fsp3) is 0.0714. The lowest BCUT2D eigenvalue weighted by atomic mass is 10.0. The Morgan fingerprint density at radius 1 is 1.17 bits per heavy atom. The quantitative estimate of drug-likeness (QED) is 0.860. The van der Waals surface area contributed by atoms with Gasteiger partial charge in [0.1, 0.15) is 11.6 Å². The molecule has 4 heteroatoms. The summed E-state index contributed by atoms with van der Waals surface area (Å²) >= 11 is 5.82. The highest BCUT2D eigenvalue weighted by Crippen LogP contribution is 2.20. The van der Waals surface area contributed by atoms with E-state index in [0.29, 0.717) is 5.56 Å². The van der Waals surface area contributed by atoms with E-state index in [-0.39, 0.29) is 23.0 Å². The number of hydrogen-bond donors (Lipinski definition) is 1. The van der Waals surface area contributed by atoms with Gasteiger partial charge in [0.2, 0.25) is 0 Å². The second-order valence-electron chi connectivity index (χ2n) is 3.89. The fourth-order valence-corrected chi connectivity index (χ4v) is 1.88. The van der Waals surface area contributed by atoms with E-state index >= 15 is 0 Å². The van der Waals surface area contributed by atoms with Crippen molar-refractivity contribution in [1.82, 2.24) is 0 Å². The zero-order valence-corrected chi connectivity index (χ0v) is 10.1. The molecule has 0 aromatic heterocycles. The van der Waals surface area contributed by atoms with Crippen molar-refractivity contribution in [3.63, 3.8) is 0 Å². The van der Waals surface area contributed by atoms with E-state index < -0.39 is 5.82 Å². The van der Waals surface area contributed by atoms with Crippen molar-refractivity contribution in [2.45, 2.75) is 6.42 Å². The van der Waals surface area contributed by atoms with Crippen LogP contribution < -0.4 is 0 Å². The number of Topliss-reactive ketones (excluding diaryl/α,β-unsaturated/α-hetero) is 1. The van der Waals surface area contributed by atoms with Crippen LogP contribution in [0.25, 0.3) is 0 Å². The summed E-state index contributed by atoms with van der Waals surface area (Å²) < 4.78 is 12.9. The Balaban J connectivity index is 2.19. The van der Waals surface area contributed by atoms with E-state index in [9.17, 15) is 9.18 Å². The van der Waals surface area contributed by atoms with E-state index in [1.54, 1.807) is 12.1 Å². The van der Waals surface area contributed by atoms with Gasteiger partial charge >= 0.3 is 0 Å². The number of rotatable bonds is 3. The molecular weight excluding hydrogens is 255 g/mol. The van der Waals surface area contributed by atoms with Crippen molar-refractivity contribution in [3.8, 4) is 5.75 Å². The number of hydrogen-bond acceptors (Lipinski definition) is 2. The summed E-state index contributed by atoms with van der Waals surface area (Å²) in [6.07, 6.45) is 0.158. The summed E-state index contributed by atoms with van der Waals surface area (Å²) in [5.41, 5.74) is 1.06. The summed E-state index contributed by atoms with van der Waals surface area (Å²) in [5, 5.41) is 9.24. The maximum Gasteiger partial charge on any atom is 0.168 e. The number of ketones is 1. The number of benzene rings is 2. The minimum Gasteiger partial charge on any atom is -0.508 e. The summed E-state index contributed by atoms with van der Waals surface area (Å²) in [4.78, 5) is 12.0. The molecule has 2 rings (SSSR count). The highest BCUT2D eigenvalue weighted by atomic mass is 35.5. The largest absolute Gasteiger partial charge is 0.508 e. The lowest BCUT2D eigenvalue weighted by Crippen LogP contribution is -2.04. The number of phenolic OH excluding ortho intramolecular Hbond substituents is 1. The molecule has 0 fully saturated rings. The highest BCUT2D eigenvalue weighted by Gasteiger charge is 2.11. The highest BCUT2D eigenvalue weighted by molar-refractivity contribution is 6.34. The zero-order valence-electron chi connectivity index (χ0n) is 9.36. The van der Waals surface area contributed by atoms with Crippen LogP contribution in [0.2, 0.25) is 5.02 Å². The monoisotopic (exact) mass is 264 g/mol. The summed E-state index contributed by atoms with van der Waals surface area (Å²) in [6.45, 7) is 0. The van der Waals surface area contributed by atoms with Crippen LogP contribution >= 0.6 is 11.6 Å². The molecule has 0 aliphatic carbocycles. The predicted molar refractivity (Wildman–Crippen MR) is 67.6 cm³/mol. The average molecular weight is 265 g/mol. The van der Waals surface area contributed by atoms with Crippen molar-refractivity contribution >= 4 is 17.4 Å². The Hall–Kier alpha value is -1.87. The number of phenols is 1. The molecule has 0 aliphatic rings. The van der Waals surface area contributed by atoms with Gasteiger partial charge in [-0.15, -0.1) is 0 Å². The standard InChI is InChI=1S/C14H10ClFO2/c15-13-8-10(16)3-6-12(13)14(18)7-9-1-4-11(17)5-2-9/h1-6,8,17H,7H2. The van der Waals surface area contributed by atoms with Gasteiger partial charge in [-0.25, -0.2) is 4.39 Å². The molecule has 0 heterocycles. The number of halogens is 2. The van der Waals surface area contributed by atoms with Gasteiger partial charge in [-0.05, 0) is 35.9 Å². The summed E-state index contributed by atoms with van der Waals surface area (Å²) in [6, 6.07) is 10.0. The molecule has 0 amide bonds. The third-order valence-electron chi connectivity index (χ3n) is 2.53. The van der Waals surface area contributed by atoms with Gasteiger partial charge in [-0.3, -0.25) is 4.79 Å². The summed E-state index contributed by atoms with van der Waals surface area (Å²) in [7, 11) is 0. The predicted octanol–water partition coefficient (Wildman–Crippen LogP) is 3.61. The van der Waals surface area contributed by atoms with Crippen LogP contribution in [0.4, 0.5) is 4.39 Å². The van der Waals surface area contributed by atoms with Crippen molar-refractivity contribution < 1.29 is 14.3 Å². The van der Waals surface area contributed by atoms with Crippen LogP contribution in [0.15, 0.2) is 42.5 Å². The van der Waals surface area contributed by atoms with Crippen LogP contribution in [-0.4, -0.2) is 10.9 Å². The minimum absolute atomic E-state index is 0.110. The topological polar surface area (TPSA) is 37.3 Å². The van der Waals surface area contributed by atoms with Gasteiger partial charge in [-0.2, -0.15) is 0 Å². The molecule has 0 spiro atoms. The summed E-state index contributed by atoms with van der Waals surface area (Å²) in [5.74, 6) is -0.516. The second-order valence-corrected chi connectivity index (χ2v) is 4.30. The number of aromatic hydroxyl groups is 1. The Kier molecular flexibility index (Phi) is 3.63. The second kappa shape index (κ2) is 5.19. The van der Waals surface area contributed by atoms with Crippen molar-refractivity contribution in [2.75, 3.05) is 0 Å². The lowest BCUT2D eigenvalue weighted by molar-refractivity contribution is 0.0993. The van der Waals surface area contributed by atoms with E-state index in [1.807, 2.05) is 0 Å². The van der Waals surface area contributed by atoms with Gasteiger partial charge in [0.05, 0.1) is 5.02 Å². The molecule has 0 bridgehead atoms. The molecule has 0 atom stereocenters. The lowest BCUT2D eigenvalue weighted by Gasteiger charge is -2.04. The molecule has 92 valence electrons. The first-order valence-corrected chi connectivity index (χ1v) is 5.70. The molecule has 0 aliphatic heterocycles. The molecule has 0 saturated carbocycles. The van der Waals surface area contributed by atoms with Gasteiger partial charge in [0, 0.05) is 12.0 Å². The Bertz CT molecular complexity index is 579. The average Bonchev–Trinajstić information content (AvgIpc) is 2.32. The normalized spacial score (nSPS) is 10.3. The molecule has 0 unspecified atom stereocenters. The first kappa shape index (κ1) is 12.6. The van der Waals surface area contributed by atoms with E-state index in [4.69, 9.17) is 16.7 Å². The molecule has 0 saturated heterocycles. The van der Waals surface area contributed by atoms with Crippen LogP contribution in [-0.2, 0) is 6.42 Å². The minimum atomic E-state index is -0.471. The molecular formula is C14H10ClFO2. The van der Waals surface area contributed by atoms with Crippen LogP contribution in [0.5, 0.6) is 5.75 Å². The van der Waals surface area contributed by atoms with E-state index in [2.05, 4.69) is 0 Å². The molecule has 18 heavy (non-hydrogen) atoms. The smallest absolute Gasteiger partial charge is 0.168 e. The molecule has 2 aromatic rings. The van der Waals surface area contributed by atoms with Crippen molar-refractivity contribution in [1.29, 1.82) is 0 Å². The van der Waals surface area contributed by atoms with Gasteiger partial charge in [-0.1, -0.05) is 23.7 Å². The van der Waals surface area contributed by atoms with Crippen LogP contribution in [0.1, 0.15) is 15.9 Å². The SMILES string of the molecule is O=C(Cc1ccc(O)cc1)c1ccc(F)cc1Cl. The third-order valence-corrected chi connectivity index (χ3v) is 2.85. The zero-order chi connectivity index (χ0) is 13.1. The fourth-order valence-electron chi connectivity index (χ4n) is 1.61. The van der Waals surface area contributed by atoms with Crippen LogP contribution in [0.3, 0.4) is 0 Å². The third kappa shape index (κ3) is 2.87. The molecule has 2 aromatic carbocycles. The first-order valence-electron chi connectivity index (χ1n) is 5.32. The maximum atomic E-state index is 12.9. The maximum absolute atomic E-state index is 12.9. The number of carbonyl (C=O) groups is 1. The van der Waals surface area contributed by atoms with Gasteiger partial charge < -0.3 is 5.11 Å². The van der Waals surface area contributed by atoms with E-state index in [0.717, 1.165) is 11.6 Å². The molecule has 1 N–H and O–H groups in total. The van der Waals surface area contributed by atoms with Gasteiger partial charge in [0.15, 0.2) is 5.78 Å². The van der Waals surface area contributed by atoms with Gasteiger partial charge in [0.25, 0.3) is 0 Å². The van der Waals surface area contributed by atoms with Crippen molar-refractivity contribution in [3.05, 3.63) is 64.4 Å². The Labute approximate surface area is 109 Å². The number of carbonyl (C=O) groups excluding carboxylic acids is 1. The first-order chi connectivity index (χ1) is 8.56. The van der Waals surface area contributed by atoms with Crippen LogP contribution in [0, 0.1) is 5.82 Å². The molecule has 2 nitrogen and oxygen atoms in total. The Morgan fingerprint density at radius 3 is 2.44 bits per heavy atom.